The molecule has 1 atom stereocenters. The summed E-state index contributed by atoms with van der Waals surface area (Å²) in [7, 11) is -2.35. The summed E-state index contributed by atoms with van der Waals surface area (Å²) in [6, 6.07) is 18.2. The predicted molar refractivity (Wildman–Crippen MR) is 156 cm³/mol. The number of nitrogens with zero attached hydrogens (tertiary/aromatic N) is 2. The van der Waals surface area contributed by atoms with Gasteiger partial charge in [-0.25, -0.2) is 8.42 Å². The Morgan fingerprint density at radius 3 is 2.29 bits per heavy atom. The fourth-order valence-corrected chi connectivity index (χ4v) is 5.51. The summed E-state index contributed by atoms with van der Waals surface area (Å²) < 4.78 is 27.5. The van der Waals surface area contributed by atoms with Crippen LogP contribution in [0.3, 0.4) is 0 Å². The van der Waals surface area contributed by atoms with E-state index in [0.717, 1.165) is 26.2 Å². The number of likely N-dealkylation sites (N-methyl/N-ethyl adjacent to an activating group) is 1. The van der Waals surface area contributed by atoms with Gasteiger partial charge in [0.15, 0.2) is 0 Å². The molecule has 11 heteroatoms. The number of aryl methyl sites for hydroxylation is 1. The molecule has 3 aromatic carbocycles. The van der Waals surface area contributed by atoms with Crippen molar-refractivity contribution in [2.75, 3.05) is 24.2 Å². The Morgan fingerprint density at radius 2 is 1.71 bits per heavy atom. The van der Waals surface area contributed by atoms with Crippen molar-refractivity contribution in [1.29, 1.82) is 0 Å². The number of sulfonamides is 1. The SMILES string of the molecule is CNC(=O)C(Cc1ccccc1)N(Cc1ccc(Cl)cc1Cl)C(=O)CN(c1ccc(Br)c(C)c1)S(C)(=O)=O. The molecule has 0 aliphatic heterocycles. The van der Waals surface area contributed by atoms with Crippen LogP contribution in [0, 0.1) is 6.92 Å². The van der Waals surface area contributed by atoms with Gasteiger partial charge in [-0.3, -0.25) is 13.9 Å². The zero-order chi connectivity index (χ0) is 28.0. The standard InChI is InChI=1S/C27H28BrCl2N3O4S/c1-18-13-22(11-12-23(18)28)33(38(3,36)37)17-26(34)32(16-20-9-10-21(29)15-24(20)30)25(27(35)31-2)14-19-7-5-4-6-8-19/h4-13,15,25H,14,16-17H2,1-3H3,(H,31,35). The molecule has 0 spiro atoms. The fourth-order valence-electron chi connectivity index (χ4n) is 3.95. The molecule has 1 N–H and O–H groups in total. The summed E-state index contributed by atoms with van der Waals surface area (Å²) in [4.78, 5) is 28.4. The number of rotatable bonds is 10. The smallest absolute Gasteiger partial charge is 0.244 e. The Hall–Kier alpha value is -2.59. The Balaban J connectivity index is 2.06. The number of anilines is 1. The minimum atomic E-state index is -3.85. The molecule has 0 saturated carbocycles. The van der Waals surface area contributed by atoms with Crippen molar-refractivity contribution < 1.29 is 18.0 Å². The Labute approximate surface area is 241 Å². The van der Waals surface area contributed by atoms with Crippen LogP contribution >= 0.6 is 39.1 Å². The van der Waals surface area contributed by atoms with Crippen LogP contribution in [-0.2, 0) is 32.6 Å². The molecule has 7 nitrogen and oxygen atoms in total. The van der Waals surface area contributed by atoms with Crippen molar-refractivity contribution >= 4 is 66.7 Å². The molecule has 0 radical (unpaired) electrons. The van der Waals surface area contributed by atoms with E-state index in [1.54, 1.807) is 36.4 Å². The first-order valence-electron chi connectivity index (χ1n) is 11.6. The maximum absolute atomic E-state index is 13.9. The lowest BCUT2D eigenvalue weighted by atomic mass is 10.0. The highest BCUT2D eigenvalue weighted by molar-refractivity contribution is 9.10. The van der Waals surface area contributed by atoms with Crippen LogP contribution in [0.15, 0.2) is 71.2 Å². The van der Waals surface area contributed by atoms with Crippen molar-refractivity contribution in [3.05, 3.63) is 97.9 Å². The zero-order valence-corrected chi connectivity index (χ0v) is 25.0. The predicted octanol–water partition coefficient (Wildman–Crippen LogP) is 5.22. The van der Waals surface area contributed by atoms with Crippen molar-refractivity contribution in [2.45, 2.75) is 25.9 Å². The third-order valence-electron chi connectivity index (χ3n) is 5.98. The van der Waals surface area contributed by atoms with Crippen LogP contribution in [0.4, 0.5) is 5.69 Å². The van der Waals surface area contributed by atoms with Gasteiger partial charge in [0.2, 0.25) is 21.8 Å². The molecular formula is C27H28BrCl2N3O4S. The zero-order valence-electron chi connectivity index (χ0n) is 21.1. The van der Waals surface area contributed by atoms with Crippen LogP contribution in [0.25, 0.3) is 0 Å². The van der Waals surface area contributed by atoms with Crippen LogP contribution < -0.4 is 9.62 Å². The second-order valence-electron chi connectivity index (χ2n) is 8.78. The first kappa shape index (κ1) is 30.0. The minimum Gasteiger partial charge on any atom is -0.357 e. The van der Waals surface area contributed by atoms with Gasteiger partial charge in [0.05, 0.1) is 11.9 Å². The van der Waals surface area contributed by atoms with E-state index in [4.69, 9.17) is 23.2 Å². The summed E-state index contributed by atoms with van der Waals surface area (Å²) >= 11 is 15.9. The van der Waals surface area contributed by atoms with Crippen LogP contribution in [-0.4, -0.2) is 51.0 Å². The first-order valence-corrected chi connectivity index (χ1v) is 15.0. The van der Waals surface area contributed by atoms with Crippen LogP contribution in [0.2, 0.25) is 10.0 Å². The van der Waals surface area contributed by atoms with Gasteiger partial charge in [-0.1, -0.05) is 75.5 Å². The molecule has 0 heterocycles. The van der Waals surface area contributed by atoms with Crippen molar-refractivity contribution in [3.8, 4) is 0 Å². The van der Waals surface area contributed by atoms with E-state index in [1.807, 2.05) is 37.3 Å². The van der Waals surface area contributed by atoms with Crippen molar-refractivity contribution in [1.82, 2.24) is 10.2 Å². The van der Waals surface area contributed by atoms with E-state index in [9.17, 15) is 18.0 Å². The Kier molecular flexibility index (Phi) is 10.2. The highest BCUT2D eigenvalue weighted by Crippen LogP contribution is 2.27. The van der Waals surface area contributed by atoms with E-state index >= 15 is 0 Å². The molecule has 3 aromatic rings. The van der Waals surface area contributed by atoms with Gasteiger partial charge in [-0.15, -0.1) is 0 Å². The number of hydrogen-bond acceptors (Lipinski definition) is 4. The Bertz CT molecular complexity index is 1420. The van der Waals surface area contributed by atoms with Gasteiger partial charge >= 0.3 is 0 Å². The van der Waals surface area contributed by atoms with Gasteiger partial charge in [0.1, 0.15) is 12.6 Å². The molecular weight excluding hydrogens is 613 g/mol. The molecule has 1 unspecified atom stereocenters. The monoisotopic (exact) mass is 639 g/mol. The number of carbonyl (C=O) groups is 2. The van der Waals surface area contributed by atoms with Gasteiger partial charge < -0.3 is 10.2 Å². The second-order valence-corrected chi connectivity index (χ2v) is 12.4. The lowest BCUT2D eigenvalue weighted by molar-refractivity contribution is -0.139. The average molecular weight is 641 g/mol. The summed E-state index contributed by atoms with van der Waals surface area (Å²) in [5.74, 6) is -0.954. The molecule has 0 aliphatic carbocycles. The molecule has 38 heavy (non-hydrogen) atoms. The van der Waals surface area contributed by atoms with Gasteiger partial charge in [0.25, 0.3) is 0 Å². The lowest BCUT2D eigenvalue weighted by Crippen LogP contribution is -2.52. The van der Waals surface area contributed by atoms with E-state index in [-0.39, 0.29) is 13.0 Å². The molecule has 202 valence electrons. The minimum absolute atomic E-state index is 0.0310. The molecule has 0 aromatic heterocycles. The first-order chi connectivity index (χ1) is 17.9. The summed E-state index contributed by atoms with van der Waals surface area (Å²) in [5, 5.41) is 3.39. The molecule has 0 bridgehead atoms. The van der Waals surface area contributed by atoms with Gasteiger partial charge in [0, 0.05) is 34.5 Å². The highest BCUT2D eigenvalue weighted by Gasteiger charge is 2.33. The number of carbonyl (C=O) groups excluding carboxylic acids is 2. The number of hydrogen-bond donors (Lipinski definition) is 1. The topological polar surface area (TPSA) is 86.8 Å². The number of nitrogens with one attached hydrogen (secondary N) is 1. The largest absolute Gasteiger partial charge is 0.357 e. The molecule has 3 rings (SSSR count). The molecule has 0 saturated heterocycles. The van der Waals surface area contributed by atoms with Gasteiger partial charge in [-0.2, -0.15) is 0 Å². The lowest BCUT2D eigenvalue weighted by Gasteiger charge is -2.33. The number of halogens is 3. The normalized spacial score (nSPS) is 12.1. The highest BCUT2D eigenvalue weighted by atomic mass is 79.9. The van der Waals surface area contributed by atoms with Gasteiger partial charge in [-0.05, 0) is 53.9 Å². The average Bonchev–Trinajstić information content (AvgIpc) is 2.87. The second kappa shape index (κ2) is 13.0. The number of benzene rings is 3. The fraction of sp³-hybridized carbons (Fsp3) is 0.259. The van der Waals surface area contributed by atoms with E-state index in [0.29, 0.717) is 21.3 Å². The number of amides is 2. The summed E-state index contributed by atoms with van der Waals surface area (Å²) in [6.45, 7) is 1.29. The Morgan fingerprint density at radius 1 is 1.03 bits per heavy atom. The summed E-state index contributed by atoms with van der Waals surface area (Å²) in [6.07, 6.45) is 1.26. The maximum atomic E-state index is 13.9. The van der Waals surface area contributed by atoms with Crippen molar-refractivity contribution in [3.63, 3.8) is 0 Å². The van der Waals surface area contributed by atoms with Crippen LogP contribution in [0.1, 0.15) is 16.7 Å². The van der Waals surface area contributed by atoms with E-state index < -0.39 is 34.4 Å². The molecule has 0 aliphatic rings. The molecule has 0 fully saturated rings. The summed E-state index contributed by atoms with van der Waals surface area (Å²) in [5.41, 5.74) is 2.55. The van der Waals surface area contributed by atoms with E-state index in [2.05, 4.69) is 21.2 Å². The quantitative estimate of drug-likeness (QED) is 0.329. The third kappa shape index (κ3) is 7.72. The molecule has 2 amide bonds. The van der Waals surface area contributed by atoms with E-state index in [1.165, 1.54) is 11.9 Å². The van der Waals surface area contributed by atoms with Crippen molar-refractivity contribution in [2.24, 2.45) is 0 Å². The maximum Gasteiger partial charge on any atom is 0.244 e. The third-order valence-corrected chi connectivity index (χ3v) is 8.60. The van der Waals surface area contributed by atoms with Crippen LogP contribution in [0.5, 0.6) is 0 Å².